The number of methoxy groups -OCH3 is 2. The van der Waals surface area contributed by atoms with Crippen molar-refractivity contribution in [1.82, 2.24) is 10.2 Å². The van der Waals surface area contributed by atoms with Crippen molar-refractivity contribution in [2.24, 2.45) is 28.8 Å². The van der Waals surface area contributed by atoms with Crippen LogP contribution in [-0.4, -0.2) is 186 Å². The van der Waals surface area contributed by atoms with E-state index in [9.17, 15) is 29.7 Å². The second-order valence-corrected chi connectivity index (χ2v) is 18.6. The lowest BCUT2D eigenvalue weighted by molar-refractivity contribution is -0.305. The Morgan fingerprint density at radius 1 is 0.897 bits per heavy atom. The molecule has 1 unspecified atom stereocenters. The van der Waals surface area contributed by atoms with Crippen molar-refractivity contribution in [2.75, 3.05) is 68.4 Å². The molecule has 3 saturated heterocycles. The number of amides is 1. The van der Waals surface area contributed by atoms with Gasteiger partial charge in [0, 0.05) is 51.2 Å². The van der Waals surface area contributed by atoms with Crippen molar-refractivity contribution in [2.45, 2.75) is 134 Å². The Bertz CT molecular complexity index is 1860. The minimum atomic E-state index is -1.26. The van der Waals surface area contributed by atoms with Gasteiger partial charge in [0.2, 0.25) is 0 Å². The first-order valence-electron chi connectivity index (χ1n) is 23.5. The second-order valence-electron chi connectivity index (χ2n) is 18.6. The predicted octanol–water partition coefficient (Wildman–Crippen LogP) is 2.57. The van der Waals surface area contributed by atoms with Crippen LogP contribution in [0, 0.1) is 23.7 Å². The Morgan fingerprint density at radius 3 is 2.26 bits per heavy atom. The number of fused-ring (bicyclic) bond motifs is 3. The molecule has 5 rings (SSSR count). The minimum absolute atomic E-state index is 0.0172. The van der Waals surface area contributed by atoms with Gasteiger partial charge in [-0.05, 0) is 77.4 Å². The highest BCUT2D eigenvalue weighted by atomic mass is 16.7. The number of carbonyl (C=O) groups excluding carboxylic acids is 3. The second kappa shape index (κ2) is 26.5. The van der Waals surface area contributed by atoms with Crippen LogP contribution in [0.3, 0.4) is 0 Å². The topological polar surface area (TPSA) is 232 Å². The number of cyclic esters (lactones) is 1. The highest BCUT2D eigenvalue weighted by Crippen LogP contribution is 2.36. The highest BCUT2D eigenvalue weighted by Gasteiger charge is 2.48. The van der Waals surface area contributed by atoms with Crippen LogP contribution in [0.15, 0.2) is 53.2 Å². The normalized spacial score (nSPS) is 38.0. The number of nitrogens with zero attached hydrogens (tertiary/aromatic N) is 2. The number of rotatable bonds is 12. The molecule has 1 aromatic carbocycles. The van der Waals surface area contributed by atoms with Gasteiger partial charge in [0.1, 0.15) is 36.7 Å². The number of benzene rings is 1. The van der Waals surface area contributed by atoms with Crippen molar-refractivity contribution in [3.05, 3.63) is 59.2 Å². The Balaban J connectivity index is 1.46. The van der Waals surface area contributed by atoms with Crippen molar-refractivity contribution >= 4 is 23.4 Å². The van der Waals surface area contributed by atoms with E-state index in [1.807, 2.05) is 26.8 Å². The molecule has 19 heteroatoms. The maximum Gasteiger partial charge on any atom is 0.308 e. The summed E-state index contributed by atoms with van der Waals surface area (Å²) in [5.41, 5.74) is 2.42. The first-order valence-corrected chi connectivity index (χ1v) is 23.5. The van der Waals surface area contributed by atoms with E-state index in [0.29, 0.717) is 24.1 Å². The summed E-state index contributed by atoms with van der Waals surface area (Å²) in [7, 11) is 8.03. The molecule has 1 aromatic rings. The summed E-state index contributed by atoms with van der Waals surface area (Å²) in [4.78, 5) is 47.6. The third kappa shape index (κ3) is 14.9. The highest BCUT2D eigenvalue weighted by molar-refractivity contribution is 5.94. The number of oxime groups is 1. The van der Waals surface area contributed by atoms with Gasteiger partial charge in [-0.3, -0.25) is 14.4 Å². The van der Waals surface area contributed by atoms with Gasteiger partial charge in [0.25, 0.3) is 5.91 Å². The molecule has 2 bridgehead atoms. The van der Waals surface area contributed by atoms with Crippen molar-refractivity contribution in [3.8, 4) is 0 Å². The van der Waals surface area contributed by atoms with Gasteiger partial charge < -0.3 is 73.0 Å². The summed E-state index contributed by atoms with van der Waals surface area (Å²) in [6.07, 6.45) is -4.12. The van der Waals surface area contributed by atoms with Gasteiger partial charge in [-0.2, -0.15) is 0 Å². The predicted molar refractivity (Wildman–Crippen MR) is 247 cm³/mol. The van der Waals surface area contributed by atoms with Gasteiger partial charge in [-0.1, -0.05) is 48.9 Å². The molecule has 3 fully saturated rings. The number of aliphatic hydroxyl groups excluding tert-OH is 3. The molecular weight excluding hydrogens is 887 g/mol. The molecular formula is C49H75N3O16. The number of allylic oxidation sites excluding steroid dienone is 3. The van der Waals surface area contributed by atoms with Gasteiger partial charge >= 0.3 is 5.97 Å². The summed E-state index contributed by atoms with van der Waals surface area (Å²) in [5, 5.41) is 40.4. The number of carbonyl (C=O) groups is 3. The van der Waals surface area contributed by atoms with Crippen LogP contribution in [0.4, 0.5) is 0 Å². The van der Waals surface area contributed by atoms with Crippen LogP contribution < -0.4 is 5.32 Å². The molecule has 19 nitrogen and oxygen atoms in total. The fourth-order valence-corrected chi connectivity index (χ4v) is 9.20. The van der Waals surface area contributed by atoms with Crippen LogP contribution in [0.1, 0.15) is 69.8 Å². The molecule has 16 atom stereocenters. The molecule has 0 radical (unpaired) electrons. The molecule has 4 aliphatic rings. The number of ether oxygens (including phenoxy) is 9. The smallest absolute Gasteiger partial charge is 0.308 e. The molecule has 0 saturated carbocycles. The van der Waals surface area contributed by atoms with Crippen LogP contribution in [0.2, 0.25) is 0 Å². The number of hydrogen-bond donors (Lipinski definition) is 4. The Kier molecular flexibility index (Phi) is 21.5. The van der Waals surface area contributed by atoms with E-state index in [-0.39, 0.29) is 63.7 Å². The molecule has 4 aliphatic heterocycles. The number of ketones is 1. The number of aliphatic hydroxyl groups is 3. The van der Waals surface area contributed by atoms with E-state index in [1.165, 1.54) is 20.3 Å². The van der Waals surface area contributed by atoms with Crippen LogP contribution >= 0.6 is 0 Å². The lowest BCUT2D eigenvalue weighted by Gasteiger charge is -2.47. The summed E-state index contributed by atoms with van der Waals surface area (Å²) < 4.78 is 55.2. The number of hydrogen-bond acceptors (Lipinski definition) is 18. The summed E-state index contributed by atoms with van der Waals surface area (Å²) in [6.45, 7) is 9.18. The SMILES string of the molecule is CNC(=O)c1ccc(CO/N=C2\COCCC3C[C@@H](C)C(=O)/C=C/C(C)=C/[C@H](CO[C@@H]4O[C@H](C)[C@@H](O)[C@@H](OC)[C@H]4OC)COC(=O)C[C@@H](OC2)[C@H](C)[C@H]3O[C@@H]2O[C@H](C)[C@@H](O)[C@H](N(C)C)[C@H]2O)cc1. The number of nitrogens with one attached hydrogen (secondary N) is 1. The van der Waals surface area contributed by atoms with E-state index in [0.717, 1.165) is 11.1 Å². The zero-order valence-electron chi connectivity index (χ0n) is 41.2. The molecule has 68 heavy (non-hydrogen) atoms. The Hall–Kier alpha value is -3.70. The summed E-state index contributed by atoms with van der Waals surface area (Å²) in [6, 6.07) is 6.21. The minimum Gasteiger partial charge on any atom is -0.465 e. The molecule has 4 heterocycles. The van der Waals surface area contributed by atoms with Crippen molar-refractivity contribution in [3.63, 3.8) is 0 Å². The first-order chi connectivity index (χ1) is 32.4. The Labute approximate surface area is 400 Å². The maximum absolute atomic E-state index is 14.1. The van der Waals surface area contributed by atoms with Gasteiger partial charge in [-0.25, -0.2) is 0 Å². The average Bonchev–Trinajstić information content (AvgIpc) is 3.33. The monoisotopic (exact) mass is 962 g/mol. The fourth-order valence-electron chi connectivity index (χ4n) is 9.20. The lowest BCUT2D eigenvalue weighted by Crippen LogP contribution is -2.63. The number of esters is 1. The van der Waals surface area contributed by atoms with Crippen molar-refractivity contribution < 1.29 is 77.2 Å². The Morgan fingerprint density at radius 2 is 1.59 bits per heavy atom. The summed E-state index contributed by atoms with van der Waals surface area (Å²) >= 11 is 0. The molecule has 1 amide bonds. The van der Waals surface area contributed by atoms with E-state index >= 15 is 0 Å². The van der Waals surface area contributed by atoms with Gasteiger partial charge in [-0.15, -0.1) is 0 Å². The third-order valence-electron chi connectivity index (χ3n) is 13.3. The maximum atomic E-state index is 14.1. The van der Waals surface area contributed by atoms with Crippen molar-refractivity contribution in [1.29, 1.82) is 0 Å². The molecule has 4 N–H and O–H groups in total. The fraction of sp³-hybridized carbons (Fsp3) is 0.714. The standard InChI is InChI=1S/C49H75N3O16/c1-27-11-16-37(53)28(2)20-35-17-18-61-25-36(51-65-24-32-12-14-34(15-13-32)47(58)50-6)26-62-38(29(3)44(35)68-48-43(57)40(52(7)8)41(55)30(4)66-48)21-39(54)63-22-33(19-27)23-64-49-46(60-10)45(59-9)42(56)31(5)67-49/h11-16,19,28-31,33,35,38,40-46,48-49,55-57H,17-18,20-26H2,1-10H3,(H,50,58)/b16-11+,27-19+,51-36+/t28-,29+,30-,31-,33+,35?,38-,40+,41-,42-,43-,44-,45-,46-,48+,49-/m1/s1. The zero-order valence-corrected chi connectivity index (χ0v) is 41.2. The van der Waals surface area contributed by atoms with Crippen LogP contribution in [0.5, 0.6) is 0 Å². The van der Waals surface area contributed by atoms with Crippen LogP contribution in [0.25, 0.3) is 0 Å². The third-order valence-corrected chi connectivity index (χ3v) is 13.3. The van der Waals surface area contributed by atoms with E-state index in [1.54, 1.807) is 70.2 Å². The molecule has 0 aromatic heterocycles. The first kappa shape index (κ1) is 55.2. The number of likely N-dealkylation sites (N-methyl/N-ethyl adjacent to an activating group) is 1. The molecule has 0 spiro atoms. The zero-order chi connectivity index (χ0) is 49.7. The van der Waals surface area contributed by atoms with E-state index < -0.39 is 97.3 Å². The molecule has 0 aliphatic carbocycles. The quantitative estimate of drug-likeness (QED) is 0.174. The van der Waals surface area contributed by atoms with E-state index in [2.05, 4.69) is 10.5 Å². The van der Waals surface area contributed by atoms with Gasteiger partial charge in [0.05, 0.1) is 69.4 Å². The van der Waals surface area contributed by atoms with Crippen LogP contribution in [-0.2, 0) is 63.7 Å². The summed E-state index contributed by atoms with van der Waals surface area (Å²) in [5.74, 6) is -2.88. The van der Waals surface area contributed by atoms with E-state index in [4.69, 9.17) is 47.5 Å². The van der Waals surface area contributed by atoms with Gasteiger partial charge in [0.15, 0.2) is 18.4 Å². The largest absolute Gasteiger partial charge is 0.465 e. The molecule has 382 valence electrons. The average molecular weight is 962 g/mol. The lowest BCUT2D eigenvalue weighted by atomic mass is 9.79.